The Kier molecular flexibility index (Phi) is 2.76. The van der Waals surface area contributed by atoms with E-state index in [0.717, 1.165) is 0 Å². The summed E-state index contributed by atoms with van der Waals surface area (Å²) in [6.07, 6.45) is 2.85. The van der Waals surface area contributed by atoms with Gasteiger partial charge in [0.2, 0.25) is 5.28 Å². The monoisotopic (exact) mass is 257 g/mol. The molecular weight excluding hydrogens is 253 g/mol. The minimum atomic E-state index is -0.630. The van der Waals surface area contributed by atoms with E-state index in [4.69, 9.17) is 28.9 Å². The number of nitrogens with zero attached hydrogens (tertiary/aromatic N) is 4. The second-order valence-electron chi connectivity index (χ2n) is 2.82. The number of nitrogens with two attached hydrogens (primary N) is 1. The third kappa shape index (κ3) is 1.98. The molecule has 0 saturated heterocycles. The zero-order valence-corrected chi connectivity index (χ0v) is 9.27. The summed E-state index contributed by atoms with van der Waals surface area (Å²) in [5.74, 6) is -0.343. The van der Waals surface area contributed by atoms with Gasteiger partial charge in [-0.15, -0.1) is 0 Å². The van der Waals surface area contributed by atoms with Gasteiger partial charge in [0, 0.05) is 6.20 Å². The number of carbonyl (C=O) groups is 1. The van der Waals surface area contributed by atoms with Gasteiger partial charge in [0.25, 0.3) is 5.91 Å². The summed E-state index contributed by atoms with van der Waals surface area (Å²) < 4.78 is 1.30. The van der Waals surface area contributed by atoms with Crippen LogP contribution in [0.3, 0.4) is 0 Å². The molecule has 0 atom stereocenters. The second-order valence-corrected chi connectivity index (χ2v) is 3.57. The van der Waals surface area contributed by atoms with Gasteiger partial charge >= 0.3 is 0 Å². The molecule has 2 N–H and O–H groups in total. The number of rotatable bonds is 2. The van der Waals surface area contributed by atoms with Crippen LogP contribution in [0.1, 0.15) is 10.5 Å². The Morgan fingerprint density at radius 3 is 2.81 bits per heavy atom. The first-order chi connectivity index (χ1) is 7.58. The molecule has 16 heavy (non-hydrogen) atoms. The average molecular weight is 258 g/mol. The molecule has 6 nitrogen and oxygen atoms in total. The van der Waals surface area contributed by atoms with E-state index >= 15 is 0 Å². The van der Waals surface area contributed by atoms with E-state index in [0.29, 0.717) is 0 Å². The zero-order valence-electron chi connectivity index (χ0n) is 7.76. The Morgan fingerprint density at radius 1 is 1.44 bits per heavy atom. The smallest absolute Gasteiger partial charge is 0.269 e. The van der Waals surface area contributed by atoms with Gasteiger partial charge in [-0.3, -0.25) is 4.79 Å². The van der Waals surface area contributed by atoms with Gasteiger partial charge in [0.1, 0.15) is 10.7 Å². The van der Waals surface area contributed by atoms with Crippen LogP contribution >= 0.6 is 23.2 Å². The Balaban J connectivity index is 2.50. The normalized spacial score (nSPS) is 10.4. The molecule has 1 amide bonds. The molecule has 0 radical (unpaired) electrons. The number of halogens is 2. The SMILES string of the molecule is NC(=O)c1ccn(-c2nc(Cl)ncc2Cl)n1. The largest absolute Gasteiger partial charge is 0.364 e. The lowest BCUT2D eigenvalue weighted by Crippen LogP contribution is -2.12. The van der Waals surface area contributed by atoms with Crippen molar-refractivity contribution in [2.45, 2.75) is 0 Å². The highest BCUT2D eigenvalue weighted by Crippen LogP contribution is 2.18. The van der Waals surface area contributed by atoms with Gasteiger partial charge in [-0.2, -0.15) is 10.1 Å². The lowest BCUT2D eigenvalue weighted by Gasteiger charge is -2.02. The number of carbonyl (C=O) groups excluding carboxylic acids is 1. The van der Waals surface area contributed by atoms with Crippen molar-refractivity contribution >= 4 is 29.1 Å². The lowest BCUT2D eigenvalue weighted by atomic mass is 10.4. The maximum Gasteiger partial charge on any atom is 0.269 e. The first-order valence-corrected chi connectivity index (χ1v) is 4.87. The first-order valence-electron chi connectivity index (χ1n) is 4.12. The first kappa shape index (κ1) is 10.8. The van der Waals surface area contributed by atoms with Crippen LogP contribution in [0.25, 0.3) is 5.82 Å². The van der Waals surface area contributed by atoms with Crippen LogP contribution in [0.4, 0.5) is 0 Å². The predicted molar refractivity (Wildman–Crippen MR) is 57.7 cm³/mol. The van der Waals surface area contributed by atoms with E-state index in [-0.39, 0.29) is 21.8 Å². The maximum atomic E-state index is 10.9. The van der Waals surface area contributed by atoms with E-state index in [1.165, 1.54) is 23.1 Å². The molecular formula is C8H5Cl2N5O. The van der Waals surface area contributed by atoms with Crippen molar-refractivity contribution in [1.82, 2.24) is 19.7 Å². The fraction of sp³-hybridized carbons (Fsp3) is 0. The Bertz CT molecular complexity index is 553. The van der Waals surface area contributed by atoms with Crippen molar-refractivity contribution in [1.29, 1.82) is 0 Å². The Morgan fingerprint density at radius 2 is 2.19 bits per heavy atom. The van der Waals surface area contributed by atoms with Crippen LogP contribution in [0, 0.1) is 0 Å². The van der Waals surface area contributed by atoms with Crippen molar-refractivity contribution in [3.8, 4) is 5.82 Å². The topological polar surface area (TPSA) is 86.7 Å². The molecule has 0 unspecified atom stereocenters. The van der Waals surface area contributed by atoms with Crippen molar-refractivity contribution in [3.05, 3.63) is 34.5 Å². The van der Waals surface area contributed by atoms with Crippen molar-refractivity contribution in [2.75, 3.05) is 0 Å². The summed E-state index contributed by atoms with van der Waals surface area (Å²) in [5, 5.41) is 4.20. The maximum absolute atomic E-state index is 10.9. The number of amides is 1. The fourth-order valence-electron chi connectivity index (χ4n) is 1.07. The van der Waals surface area contributed by atoms with Gasteiger partial charge in [-0.05, 0) is 17.7 Å². The molecule has 2 heterocycles. The van der Waals surface area contributed by atoms with Crippen LogP contribution in [0.15, 0.2) is 18.5 Å². The van der Waals surface area contributed by atoms with E-state index < -0.39 is 5.91 Å². The van der Waals surface area contributed by atoms with Gasteiger partial charge in [-0.25, -0.2) is 9.67 Å². The third-order valence-electron chi connectivity index (χ3n) is 1.75. The molecule has 2 aromatic rings. The predicted octanol–water partition coefficient (Wildman–Crippen LogP) is 1.07. The van der Waals surface area contributed by atoms with Crippen molar-refractivity contribution < 1.29 is 4.79 Å². The molecule has 82 valence electrons. The zero-order chi connectivity index (χ0) is 11.7. The fourth-order valence-corrected chi connectivity index (χ4v) is 1.38. The quantitative estimate of drug-likeness (QED) is 0.816. The van der Waals surface area contributed by atoms with Gasteiger partial charge in [-0.1, -0.05) is 11.6 Å². The Hall–Kier alpha value is -1.66. The molecule has 2 rings (SSSR count). The summed E-state index contributed by atoms with van der Waals surface area (Å²) in [4.78, 5) is 18.4. The molecule has 0 saturated carbocycles. The number of primary amides is 1. The van der Waals surface area contributed by atoms with Crippen LogP contribution in [0.2, 0.25) is 10.3 Å². The van der Waals surface area contributed by atoms with Gasteiger partial charge < -0.3 is 5.73 Å². The molecule has 0 aromatic carbocycles. The van der Waals surface area contributed by atoms with Crippen LogP contribution in [-0.4, -0.2) is 25.7 Å². The highest BCUT2D eigenvalue weighted by molar-refractivity contribution is 6.32. The highest BCUT2D eigenvalue weighted by Gasteiger charge is 2.10. The van der Waals surface area contributed by atoms with Gasteiger partial charge in [0.15, 0.2) is 5.82 Å². The highest BCUT2D eigenvalue weighted by atomic mass is 35.5. The molecule has 0 fully saturated rings. The lowest BCUT2D eigenvalue weighted by molar-refractivity contribution is 0.0995. The third-order valence-corrected chi connectivity index (χ3v) is 2.20. The number of hydrogen-bond acceptors (Lipinski definition) is 4. The molecule has 0 spiro atoms. The average Bonchev–Trinajstić information content (AvgIpc) is 2.70. The van der Waals surface area contributed by atoms with Crippen molar-refractivity contribution in [2.24, 2.45) is 5.73 Å². The van der Waals surface area contributed by atoms with Crippen LogP contribution in [0.5, 0.6) is 0 Å². The van der Waals surface area contributed by atoms with E-state index in [9.17, 15) is 4.79 Å². The van der Waals surface area contributed by atoms with E-state index in [2.05, 4.69) is 15.1 Å². The number of hydrogen-bond donors (Lipinski definition) is 1. The molecule has 0 aliphatic carbocycles. The van der Waals surface area contributed by atoms with E-state index in [1.807, 2.05) is 0 Å². The molecule has 0 aliphatic heterocycles. The van der Waals surface area contributed by atoms with E-state index in [1.54, 1.807) is 0 Å². The summed E-state index contributed by atoms with van der Waals surface area (Å²) in [6, 6.07) is 1.45. The summed E-state index contributed by atoms with van der Waals surface area (Å²) in [6.45, 7) is 0. The van der Waals surface area contributed by atoms with Crippen LogP contribution in [-0.2, 0) is 0 Å². The molecule has 0 aliphatic rings. The summed E-state index contributed by atoms with van der Waals surface area (Å²) in [5.41, 5.74) is 5.18. The molecule has 0 bridgehead atoms. The number of aromatic nitrogens is 4. The van der Waals surface area contributed by atoms with Crippen molar-refractivity contribution in [3.63, 3.8) is 0 Å². The molecule has 2 aromatic heterocycles. The summed E-state index contributed by atoms with van der Waals surface area (Å²) >= 11 is 11.5. The standard InChI is InChI=1S/C8H5Cl2N5O/c9-4-3-12-8(10)13-7(4)15-2-1-5(14-15)6(11)16/h1-3H,(H2,11,16). The van der Waals surface area contributed by atoms with Gasteiger partial charge in [0.05, 0.1) is 6.20 Å². The minimum Gasteiger partial charge on any atom is -0.364 e. The molecule has 8 heteroatoms. The minimum absolute atomic E-state index is 0.0375. The summed E-state index contributed by atoms with van der Waals surface area (Å²) in [7, 11) is 0. The Labute approximate surface area is 100 Å². The van der Waals surface area contributed by atoms with Crippen LogP contribution < -0.4 is 5.73 Å². The second kappa shape index (κ2) is 4.07.